The number of likely N-dealkylation sites (tertiary alicyclic amines) is 1. The molecule has 0 amide bonds. The lowest BCUT2D eigenvalue weighted by atomic mass is 10.1. The summed E-state index contributed by atoms with van der Waals surface area (Å²) in [5.74, 6) is 1.71. The lowest BCUT2D eigenvalue weighted by molar-refractivity contribution is 0.328. The Kier molecular flexibility index (Phi) is 10.3. The first-order valence-corrected chi connectivity index (χ1v) is 11.3. The summed E-state index contributed by atoms with van der Waals surface area (Å²) in [6.07, 6.45) is 8.53. The van der Waals surface area contributed by atoms with Crippen molar-refractivity contribution >= 4 is 41.7 Å². The second-order valence-electron chi connectivity index (χ2n) is 7.66. The molecule has 27 heavy (non-hydrogen) atoms. The van der Waals surface area contributed by atoms with E-state index in [4.69, 9.17) is 0 Å². The zero-order chi connectivity index (χ0) is 18.2. The fourth-order valence-electron chi connectivity index (χ4n) is 4.13. The molecule has 3 atom stereocenters. The highest BCUT2D eigenvalue weighted by Gasteiger charge is 2.25. The summed E-state index contributed by atoms with van der Waals surface area (Å²) in [5.41, 5.74) is 1.44. The maximum absolute atomic E-state index is 4.43. The zero-order valence-corrected chi connectivity index (χ0v) is 19.8. The number of halogens is 1. The molecule has 152 valence electrons. The van der Waals surface area contributed by atoms with E-state index in [-0.39, 0.29) is 24.0 Å². The van der Waals surface area contributed by atoms with Gasteiger partial charge >= 0.3 is 0 Å². The van der Waals surface area contributed by atoms with Crippen molar-refractivity contribution in [2.24, 2.45) is 10.9 Å². The summed E-state index contributed by atoms with van der Waals surface area (Å²) < 4.78 is 0. The van der Waals surface area contributed by atoms with Crippen LogP contribution < -0.4 is 10.6 Å². The monoisotopic (exact) mass is 502 g/mol. The van der Waals surface area contributed by atoms with Gasteiger partial charge in [0.05, 0.1) is 0 Å². The van der Waals surface area contributed by atoms with Crippen molar-refractivity contribution < 1.29 is 0 Å². The third-order valence-electron chi connectivity index (χ3n) is 5.77. The quantitative estimate of drug-likeness (QED) is 0.340. The first kappa shape index (κ1) is 22.8. The van der Waals surface area contributed by atoms with E-state index in [1.54, 1.807) is 0 Å². The first-order valence-electron chi connectivity index (χ1n) is 10.0. The number of nitrogens with zero attached hydrogens (tertiary/aromatic N) is 2. The van der Waals surface area contributed by atoms with Gasteiger partial charge in [0, 0.05) is 38.0 Å². The van der Waals surface area contributed by atoms with Crippen LogP contribution in [0.2, 0.25) is 0 Å². The maximum atomic E-state index is 4.43. The number of benzene rings is 1. The van der Waals surface area contributed by atoms with Gasteiger partial charge in [0.25, 0.3) is 0 Å². The molecule has 2 aliphatic rings. The van der Waals surface area contributed by atoms with Gasteiger partial charge in [-0.15, -0.1) is 24.0 Å². The minimum Gasteiger partial charge on any atom is -0.356 e. The first-order chi connectivity index (χ1) is 12.8. The second-order valence-corrected chi connectivity index (χ2v) is 8.79. The molecule has 1 heterocycles. The molecule has 1 aliphatic carbocycles. The van der Waals surface area contributed by atoms with Gasteiger partial charge in [-0.2, -0.15) is 11.8 Å². The lowest BCUT2D eigenvalue weighted by Gasteiger charge is -2.20. The van der Waals surface area contributed by atoms with Gasteiger partial charge in [-0.25, -0.2) is 0 Å². The molecule has 3 unspecified atom stereocenters. The normalized spacial score (nSPS) is 26.0. The van der Waals surface area contributed by atoms with Crippen LogP contribution in [0.15, 0.2) is 35.3 Å². The largest absolute Gasteiger partial charge is 0.356 e. The predicted molar refractivity (Wildman–Crippen MR) is 130 cm³/mol. The van der Waals surface area contributed by atoms with Gasteiger partial charge in [-0.3, -0.25) is 4.99 Å². The van der Waals surface area contributed by atoms with Crippen molar-refractivity contribution in [2.45, 2.75) is 43.4 Å². The Morgan fingerprint density at radius 3 is 2.74 bits per heavy atom. The van der Waals surface area contributed by atoms with Crippen LogP contribution in [-0.4, -0.2) is 61.6 Å². The Morgan fingerprint density at radius 1 is 1.22 bits per heavy atom. The summed E-state index contributed by atoms with van der Waals surface area (Å²) >= 11 is 2.00. The van der Waals surface area contributed by atoms with E-state index in [9.17, 15) is 0 Å². The molecule has 6 heteroatoms. The number of rotatable bonds is 7. The Hall–Kier alpha value is -0.470. The molecule has 0 radical (unpaired) electrons. The van der Waals surface area contributed by atoms with Crippen LogP contribution in [0, 0.1) is 5.92 Å². The van der Waals surface area contributed by atoms with E-state index >= 15 is 0 Å². The fourth-order valence-corrected chi connectivity index (χ4v) is 4.93. The molecule has 2 N–H and O–H groups in total. The molecule has 1 saturated heterocycles. The average molecular weight is 503 g/mol. The molecular weight excluding hydrogens is 467 g/mol. The highest BCUT2D eigenvalue weighted by Crippen LogP contribution is 2.28. The van der Waals surface area contributed by atoms with Crippen molar-refractivity contribution in [3.8, 4) is 0 Å². The van der Waals surface area contributed by atoms with Crippen LogP contribution in [0.25, 0.3) is 0 Å². The second kappa shape index (κ2) is 12.2. The molecule has 0 spiro atoms. The predicted octanol–water partition coefficient (Wildman–Crippen LogP) is 3.62. The van der Waals surface area contributed by atoms with Gasteiger partial charge in [-0.1, -0.05) is 30.3 Å². The van der Waals surface area contributed by atoms with E-state index < -0.39 is 0 Å². The van der Waals surface area contributed by atoms with Gasteiger partial charge in [0.15, 0.2) is 5.96 Å². The Balaban J connectivity index is 0.00000261. The molecule has 2 fully saturated rings. The average Bonchev–Trinajstić information content (AvgIpc) is 3.33. The Labute approximate surface area is 186 Å². The van der Waals surface area contributed by atoms with Crippen LogP contribution >= 0.6 is 35.7 Å². The van der Waals surface area contributed by atoms with Gasteiger partial charge in [0.2, 0.25) is 0 Å². The molecule has 4 nitrogen and oxygen atoms in total. The van der Waals surface area contributed by atoms with Crippen LogP contribution in [-0.2, 0) is 6.42 Å². The van der Waals surface area contributed by atoms with E-state index in [1.807, 2.05) is 18.8 Å². The minimum atomic E-state index is 0. The van der Waals surface area contributed by atoms with Crippen molar-refractivity contribution in [2.75, 3.05) is 39.5 Å². The molecule has 3 rings (SSSR count). The third-order valence-corrected chi connectivity index (χ3v) is 6.86. The molecule has 0 aromatic heterocycles. The zero-order valence-electron chi connectivity index (χ0n) is 16.7. The van der Waals surface area contributed by atoms with Crippen molar-refractivity contribution in [1.82, 2.24) is 15.5 Å². The smallest absolute Gasteiger partial charge is 0.191 e. The van der Waals surface area contributed by atoms with E-state index in [0.717, 1.165) is 30.1 Å². The van der Waals surface area contributed by atoms with Crippen LogP contribution in [0.1, 0.15) is 31.2 Å². The number of nitrogens with one attached hydrogen (secondary N) is 2. The van der Waals surface area contributed by atoms with Crippen molar-refractivity contribution in [3.05, 3.63) is 35.9 Å². The van der Waals surface area contributed by atoms with Crippen molar-refractivity contribution in [3.63, 3.8) is 0 Å². The molecule has 0 bridgehead atoms. The highest BCUT2D eigenvalue weighted by molar-refractivity contribution is 14.0. The lowest BCUT2D eigenvalue weighted by Crippen LogP contribution is -2.44. The summed E-state index contributed by atoms with van der Waals surface area (Å²) in [6, 6.07) is 11.4. The summed E-state index contributed by atoms with van der Waals surface area (Å²) in [4.78, 5) is 7.04. The minimum absolute atomic E-state index is 0. The van der Waals surface area contributed by atoms with Crippen molar-refractivity contribution in [1.29, 1.82) is 0 Å². The number of hydrogen-bond acceptors (Lipinski definition) is 3. The number of guanidine groups is 1. The fraction of sp³-hybridized carbons (Fsp3) is 0.667. The standard InChI is InChI=1S/C21H34N4S.HI/c1-22-21(24-19-8-9-20(14-19)26-2)23-15-18-11-13-25(16-18)12-10-17-6-4-3-5-7-17;/h3-7,18-20H,8-16H2,1-2H3,(H2,22,23,24);1H. The van der Waals surface area contributed by atoms with Crippen LogP contribution in [0.5, 0.6) is 0 Å². The molecular formula is C21H35IN4S. The molecule has 1 aliphatic heterocycles. The number of thioether (sulfide) groups is 1. The van der Waals surface area contributed by atoms with Crippen LogP contribution in [0.4, 0.5) is 0 Å². The van der Waals surface area contributed by atoms with E-state index in [1.165, 1.54) is 50.9 Å². The van der Waals surface area contributed by atoms with Crippen LogP contribution in [0.3, 0.4) is 0 Å². The maximum Gasteiger partial charge on any atom is 0.191 e. The Bertz CT molecular complexity index is 569. The van der Waals surface area contributed by atoms with Gasteiger partial charge in [-0.05, 0) is 56.4 Å². The summed E-state index contributed by atoms with van der Waals surface area (Å²) in [6.45, 7) is 4.63. The number of hydrogen-bond donors (Lipinski definition) is 2. The van der Waals surface area contributed by atoms with E-state index in [2.05, 4.69) is 57.1 Å². The third kappa shape index (κ3) is 7.46. The summed E-state index contributed by atoms with van der Waals surface area (Å²) in [5, 5.41) is 8.01. The molecule has 1 aromatic rings. The molecule has 1 saturated carbocycles. The number of aliphatic imine (C=N–C) groups is 1. The Morgan fingerprint density at radius 2 is 2.04 bits per heavy atom. The summed E-state index contributed by atoms with van der Waals surface area (Å²) in [7, 11) is 1.89. The van der Waals surface area contributed by atoms with Gasteiger partial charge in [0.1, 0.15) is 0 Å². The van der Waals surface area contributed by atoms with E-state index in [0.29, 0.717) is 6.04 Å². The SMILES string of the molecule is CN=C(NCC1CCN(CCc2ccccc2)C1)NC1CCC(SC)C1.I. The highest BCUT2D eigenvalue weighted by atomic mass is 127. The topological polar surface area (TPSA) is 39.7 Å². The molecule has 1 aromatic carbocycles. The van der Waals surface area contributed by atoms with Gasteiger partial charge < -0.3 is 15.5 Å².